The van der Waals surface area contributed by atoms with Gasteiger partial charge in [0.05, 0.1) is 22.1 Å². The molecule has 0 saturated heterocycles. The smallest absolute Gasteiger partial charge is 0.171 e. The molecule has 0 fully saturated rings. The third-order valence-corrected chi connectivity index (χ3v) is 3.00. The quantitative estimate of drug-likeness (QED) is 0.750. The summed E-state index contributed by atoms with van der Waals surface area (Å²) in [5, 5.41) is 4.67. The van der Waals surface area contributed by atoms with E-state index in [0.29, 0.717) is 21.7 Å². The van der Waals surface area contributed by atoms with Crippen LogP contribution in [0.2, 0.25) is 10.0 Å². The van der Waals surface area contributed by atoms with Crippen LogP contribution in [0.3, 0.4) is 0 Å². The second kappa shape index (κ2) is 4.44. The summed E-state index contributed by atoms with van der Waals surface area (Å²) in [5.74, 6) is 0.975. The van der Waals surface area contributed by atoms with Gasteiger partial charge >= 0.3 is 0 Å². The van der Waals surface area contributed by atoms with Crippen LogP contribution in [0.4, 0.5) is 0 Å². The number of hydrogen-bond donors (Lipinski definition) is 0. The number of benzene rings is 1. The molecule has 0 saturated carbocycles. The van der Waals surface area contributed by atoms with Crippen molar-refractivity contribution in [1.29, 1.82) is 0 Å². The molecular weight excluding hydrogens is 256 g/mol. The molecule has 1 aromatic carbocycles. The Morgan fingerprint density at radius 3 is 2.67 bits per heavy atom. The average molecular weight is 263 g/mol. The minimum Gasteiger partial charge on any atom is -0.356 e. The molecule has 0 aliphatic rings. The van der Waals surface area contributed by atoms with Crippen LogP contribution in [0.25, 0.3) is 11.3 Å². The highest BCUT2D eigenvalue weighted by atomic mass is 35.5. The largest absolute Gasteiger partial charge is 0.356 e. The Morgan fingerprint density at radius 1 is 1.20 bits per heavy atom. The highest BCUT2D eigenvalue weighted by Gasteiger charge is 2.11. The number of halogens is 3. The SMILES string of the molecule is ClCc1cnoc1-c1ccc(Cl)c(Cl)c1. The van der Waals surface area contributed by atoms with E-state index in [2.05, 4.69) is 5.16 Å². The van der Waals surface area contributed by atoms with Crippen LogP contribution in [-0.2, 0) is 5.88 Å². The summed E-state index contributed by atoms with van der Waals surface area (Å²) in [7, 11) is 0. The highest BCUT2D eigenvalue weighted by Crippen LogP contribution is 2.30. The number of hydrogen-bond acceptors (Lipinski definition) is 2. The molecule has 0 unspecified atom stereocenters. The van der Waals surface area contributed by atoms with Crippen molar-refractivity contribution in [2.75, 3.05) is 0 Å². The number of rotatable bonds is 2. The fraction of sp³-hybridized carbons (Fsp3) is 0.100. The molecule has 0 aliphatic carbocycles. The lowest BCUT2D eigenvalue weighted by Crippen LogP contribution is -1.80. The molecule has 0 radical (unpaired) electrons. The summed E-state index contributed by atoms with van der Waals surface area (Å²) in [5.41, 5.74) is 1.65. The first-order valence-corrected chi connectivity index (χ1v) is 5.46. The molecule has 2 nitrogen and oxygen atoms in total. The molecule has 1 aromatic heterocycles. The summed E-state index contributed by atoms with van der Waals surface area (Å²) in [6.45, 7) is 0. The van der Waals surface area contributed by atoms with E-state index in [0.717, 1.165) is 11.1 Å². The minimum atomic E-state index is 0.346. The van der Waals surface area contributed by atoms with E-state index in [1.54, 1.807) is 18.3 Å². The van der Waals surface area contributed by atoms with Crippen molar-refractivity contribution in [2.45, 2.75) is 5.88 Å². The lowest BCUT2D eigenvalue weighted by Gasteiger charge is -2.00. The van der Waals surface area contributed by atoms with Crippen LogP contribution in [-0.4, -0.2) is 5.16 Å². The monoisotopic (exact) mass is 261 g/mol. The van der Waals surface area contributed by atoms with E-state index in [1.807, 2.05) is 6.07 Å². The Hall–Kier alpha value is -0.700. The molecule has 0 spiro atoms. The van der Waals surface area contributed by atoms with E-state index >= 15 is 0 Å². The Labute approximate surface area is 102 Å². The molecule has 0 atom stereocenters. The zero-order valence-electron chi connectivity index (χ0n) is 7.51. The summed E-state index contributed by atoms with van der Waals surface area (Å²) < 4.78 is 5.10. The molecule has 2 rings (SSSR count). The second-order valence-electron chi connectivity index (χ2n) is 2.94. The van der Waals surface area contributed by atoms with Crippen molar-refractivity contribution in [3.8, 4) is 11.3 Å². The van der Waals surface area contributed by atoms with Gasteiger partial charge in [-0.1, -0.05) is 28.4 Å². The van der Waals surface area contributed by atoms with E-state index in [1.165, 1.54) is 0 Å². The van der Waals surface area contributed by atoms with Crippen molar-refractivity contribution in [3.63, 3.8) is 0 Å². The fourth-order valence-corrected chi connectivity index (χ4v) is 1.72. The Morgan fingerprint density at radius 2 is 2.00 bits per heavy atom. The van der Waals surface area contributed by atoms with Crippen molar-refractivity contribution >= 4 is 34.8 Å². The number of alkyl halides is 1. The van der Waals surface area contributed by atoms with Gasteiger partial charge in [0, 0.05) is 11.1 Å². The molecule has 15 heavy (non-hydrogen) atoms. The van der Waals surface area contributed by atoms with E-state index in [4.69, 9.17) is 39.3 Å². The summed E-state index contributed by atoms with van der Waals surface area (Å²) in [6, 6.07) is 5.24. The maximum atomic E-state index is 5.90. The Kier molecular flexibility index (Phi) is 3.19. The Bertz CT molecular complexity index is 481. The van der Waals surface area contributed by atoms with E-state index in [9.17, 15) is 0 Å². The Balaban J connectivity index is 2.50. The molecule has 0 amide bonds. The minimum absolute atomic E-state index is 0.346. The molecular formula is C10H6Cl3NO. The molecule has 5 heteroatoms. The zero-order valence-corrected chi connectivity index (χ0v) is 9.77. The molecule has 1 heterocycles. The van der Waals surface area contributed by atoms with Crippen molar-refractivity contribution in [1.82, 2.24) is 5.16 Å². The van der Waals surface area contributed by atoms with Gasteiger partial charge in [0.2, 0.25) is 0 Å². The maximum Gasteiger partial charge on any atom is 0.171 e. The van der Waals surface area contributed by atoms with E-state index in [-0.39, 0.29) is 0 Å². The van der Waals surface area contributed by atoms with E-state index < -0.39 is 0 Å². The molecule has 0 N–H and O–H groups in total. The van der Waals surface area contributed by atoms with Crippen LogP contribution in [0.1, 0.15) is 5.56 Å². The van der Waals surface area contributed by atoms with Gasteiger partial charge in [-0.25, -0.2) is 0 Å². The van der Waals surface area contributed by atoms with Gasteiger partial charge in [-0.15, -0.1) is 11.6 Å². The van der Waals surface area contributed by atoms with Crippen molar-refractivity contribution in [2.24, 2.45) is 0 Å². The standard InChI is InChI=1S/C10H6Cl3NO/c11-4-7-5-14-15-10(7)6-1-2-8(12)9(13)3-6/h1-3,5H,4H2. The fourth-order valence-electron chi connectivity index (χ4n) is 1.23. The van der Waals surface area contributed by atoms with Crippen LogP contribution < -0.4 is 0 Å². The van der Waals surface area contributed by atoms with Gasteiger partial charge in [0.25, 0.3) is 0 Å². The van der Waals surface area contributed by atoms with Crippen molar-refractivity contribution < 1.29 is 4.52 Å². The molecule has 0 bridgehead atoms. The third kappa shape index (κ3) is 2.12. The van der Waals surface area contributed by atoms with Crippen molar-refractivity contribution in [3.05, 3.63) is 40.0 Å². The van der Waals surface area contributed by atoms with Gasteiger partial charge < -0.3 is 4.52 Å². The topological polar surface area (TPSA) is 26.0 Å². The van der Waals surface area contributed by atoms with Crippen LogP contribution in [0, 0.1) is 0 Å². The average Bonchev–Trinajstić information content (AvgIpc) is 2.70. The lowest BCUT2D eigenvalue weighted by molar-refractivity contribution is 0.432. The van der Waals surface area contributed by atoms with Crippen LogP contribution >= 0.6 is 34.8 Å². The lowest BCUT2D eigenvalue weighted by atomic mass is 10.1. The summed E-state index contributed by atoms with van der Waals surface area (Å²) >= 11 is 17.4. The molecule has 78 valence electrons. The molecule has 2 aromatic rings. The van der Waals surface area contributed by atoms with Gasteiger partial charge in [0.15, 0.2) is 5.76 Å². The predicted molar refractivity (Wildman–Crippen MR) is 61.5 cm³/mol. The maximum absolute atomic E-state index is 5.90. The zero-order chi connectivity index (χ0) is 10.8. The normalized spacial score (nSPS) is 10.6. The first kappa shape index (κ1) is 10.8. The van der Waals surface area contributed by atoms with Crippen LogP contribution in [0.15, 0.2) is 28.9 Å². The number of nitrogens with zero attached hydrogens (tertiary/aromatic N) is 1. The first-order chi connectivity index (χ1) is 7.22. The summed E-state index contributed by atoms with van der Waals surface area (Å²) in [6.07, 6.45) is 1.59. The van der Waals surface area contributed by atoms with Gasteiger partial charge in [0.1, 0.15) is 0 Å². The second-order valence-corrected chi connectivity index (χ2v) is 4.02. The van der Waals surface area contributed by atoms with Gasteiger partial charge in [-0.2, -0.15) is 0 Å². The van der Waals surface area contributed by atoms with Crippen LogP contribution in [0.5, 0.6) is 0 Å². The molecule has 0 aliphatic heterocycles. The van der Waals surface area contributed by atoms with Gasteiger partial charge in [-0.05, 0) is 18.2 Å². The predicted octanol–water partition coefficient (Wildman–Crippen LogP) is 4.39. The summed E-state index contributed by atoms with van der Waals surface area (Å²) in [4.78, 5) is 0. The first-order valence-electron chi connectivity index (χ1n) is 4.17. The highest BCUT2D eigenvalue weighted by molar-refractivity contribution is 6.42. The number of aromatic nitrogens is 1. The van der Waals surface area contributed by atoms with Gasteiger partial charge in [-0.3, -0.25) is 0 Å². The third-order valence-electron chi connectivity index (χ3n) is 1.97.